The molecule has 2 aromatic rings. The largest absolute Gasteiger partial charge is 0.478 e. The van der Waals surface area contributed by atoms with Crippen LogP contribution < -0.4 is 0 Å². The molecule has 3 heteroatoms. The second-order valence-electron chi connectivity index (χ2n) is 8.40. The molecule has 1 aliphatic carbocycles. The van der Waals surface area contributed by atoms with Crippen LogP contribution >= 0.6 is 0 Å². The third-order valence-corrected chi connectivity index (χ3v) is 5.67. The third kappa shape index (κ3) is 3.21. The van der Waals surface area contributed by atoms with Gasteiger partial charge in [0.1, 0.15) is 6.10 Å². The highest BCUT2D eigenvalue weighted by atomic mass is 16.4. The monoisotopic (exact) mass is 338 g/mol. The molecule has 2 aromatic carbocycles. The zero-order valence-corrected chi connectivity index (χ0v) is 15.3. The second-order valence-corrected chi connectivity index (χ2v) is 8.40. The molecular formula is C22H26O3. The average molecular weight is 338 g/mol. The standard InChI is InChI=1S/C22H26O3/c1-21(2)11-12-22(3,4)18-13-16(9-10-17(18)21)19(23)14-5-7-15(8-6-14)20(24)25/h5-10,13,19,23H,11-12H2,1-4H3,(H,24,25). The van der Waals surface area contributed by atoms with Crippen molar-refractivity contribution in [3.05, 3.63) is 70.3 Å². The Labute approximate surface area is 149 Å². The van der Waals surface area contributed by atoms with Gasteiger partial charge in [0.15, 0.2) is 0 Å². The first-order chi connectivity index (χ1) is 11.6. The molecule has 0 aromatic heterocycles. The minimum atomic E-state index is -0.959. The Balaban J connectivity index is 2.00. The summed E-state index contributed by atoms with van der Waals surface area (Å²) in [6, 6.07) is 12.7. The molecule has 25 heavy (non-hydrogen) atoms. The van der Waals surface area contributed by atoms with Crippen LogP contribution in [0.15, 0.2) is 42.5 Å². The summed E-state index contributed by atoms with van der Waals surface area (Å²) in [6.45, 7) is 9.08. The van der Waals surface area contributed by atoms with Crippen molar-refractivity contribution in [1.29, 1.82) is 0 Å². The van der Waals surface area contributed by atoms with Gasteiger partial charge in [0.2, 0.25) is 0 Å². The Morgan fingerprint density at radius 2 is 1.40 bits per heavy atom. The quantitative estimate of drug-likeness (QED) is 0.844. The van der Waals surface area contributed by atoms with Crippen LogP contribution in [0.1, 0.15) is 79.3 Å². The normalized spacial score (nSPS) is 19.1. The van der Waals surface area contributed by atoms with E-state index in [4.69, 9.17) is 5.11 Å². The predicted molar refractivity (Wildman–Crippen MR) is 99.2 cm³/mol. The van der Waals surface area contributed by atoms with Crippen LogP contribution in [0.25, 0.3) is 0 Å². The molecule has 3 rings (SSSR count). The first-order valence-corrected chi connectivity index (χ1v) is 8.78. The van der Waals surface area contributed by atoms with Crippen molar-refractivity contribution in [3.63, 3.8) is 0 Å². The number of aromatic carboxylic acids is 1. The topological polar surface area (TPSA) is 57.5 Å². The van der Waals surface area contributed by atoms with Crippen LogP contribution in [0.5, 0.6) is 0 Å². The second kappa shape index (κ2) is 5.99. The lowest BCUT2D eigenvalue weighted by Gasteiger charge is -2.42. The maximum atomic E-state index is 11.0. The van der Waals surface area contributed by atoms with Crippen molar-refractivity contribution in [3.8, 4) is 0 Å². The van der Waals surface area contributed by atoms with Gasteiger partial charge in [-0.2, -0.15) is 0 Å². The summed E-state index contributed by atoms with van der Waals surface area (Å²) in [5.74, 6) is -0.959. The molecule has 132 valence electrons. The molecular weight excluding hydrogens is 312 g/mol. The fourth-order valence-corrected chi connectivity index (χ4v) is 3.78. The number of hydrogen-bond donors (Lipinski definition) is 2. The number of carbonyl (C=O) groups is 1. The number of hydrogen-bond acceptors (Lipinski definition) is 2. The van der Waals surface area contributed by atoms with Crippen molar-refractivity contribution < 1.29 is 15.0 Å². The molecule has 0 amide bonds. The fourth-order valence-electron chi connectivity index (χ4n) is 3.78. The summed E-state index contributed by atoms with van der Waals surface area (Å²) in [6.07, 6.45) is 1.53. The van der Waals surface area contributed by atoms with E-state index in [2.05, 4.69) is 39.8 Å². The Morgan fingerprint density at radius 1 is 0.880 bits per heavy atom. The van der Waals surface area contributed by atoms with Crippen molar-refractivity contribution in [2.75, 3.05) is 0 Å². The highest BCUT2D eigenvalue weighted by Gasteiger charge is 2.37. The van der Waals surface area contributed by atoms with Gasteiger partial charge in [-0.1, -0.05) is 58.0 Å². The number of carboxylic acids is 1. The molecule has 0 aliphatic heterocycles. The zero-order chi connectivity index (χ0) is 18.4. The van der Waals surface area contributed by atoms with Crippen LogP contribution in [0.4, 0.5) is 0 Å². The summed E-state index contributed by atoms with van der Waals surface area (Å²) in [7, 11) is 0. The van der Waals surface area contributed by atoms with Gasteiger partial charge in [-0.15, -0.1) is 0 Å². The predicted octanol–water partition coefficient (Wildman–Crippen LogP) is 4.82. The Morgan fingerprint density at radius 3 is 1.96 bits per heavy atom. The van der Waals surface area contributed by atoms with Crippen LogP contribution in [0.3, 0.4) is 0 Å². The van der Waals surface area contributed by atoms with Crippen LogP contribution in [0, 0.1) is 0 Å². The maximum absolute atomic E-state index is 11.0. The number of aliphatic hydroxyl groups excluding tert-OH is 1. The highest BCUT2D eigenvalue weighted by Crippen LogP contribution is 2.46. The van der Waals surface area contributed by atoms with Gasteiger partial charge in [0.05, 0.1) is 5.56 Å². The third-order valence-electron chi connectivity index (χ3n) is 5.67. The first-order valence-electron chi connectivity index (χ1n) is 8.78. The minimum Gasteiger partial charge on any atom is -0.478 e. The van der Waals surface area contributed by atoms with Gasteiger partial charge in [-0.25, -0.2) is 4.79 Å². The van der Waals surface area contributed by atoms with E-state index >= 15 is 0 Å². The molecule has 1 unspecified atom stereocenters. The van der Waals surface area contributed by atoms with E-state index in [-0.39, 0.29) is 16.4 Å². The van der Waals surface area contributed by atoms with Crippen molar-refractivity contribution in [2.24, 2.45) is 0 Å². The lowest BCUT2D eigenvalue weighted by atomic mass is 9.63. The van der Waals surface area contributed by atoms with Gasteiger partial charge >= 0.3 is 5.97 Å². The number of carboxylic acid groups (broad SMARTS) is 1. The zero-order valence-electron chi connectivity index (χ0n) is 15.3. The molecule has 0 bridgehead atoms. The Kier molecular flexibility index (Phi) is 4.24. The summed E-state index contributed by atoms with van der Waals surface area (Å²) >= 11 is 0. The fraction of sp³-hybridized carbons (Fsp3) is 0.409. The van der Waals surface area contributed by atoms with E-state index in [1.54, 1.807) is 12.1 Å². The molecule has 0 fully saturated rings. The van der Waals surface area contributed by atoms with E-state index < -0.39 is 12.1 Å². The molecule has 0 saturated carbocycles. The molecule has 1 aliphatic rings. The Hall–Kier alpha value is -2.13. The minimum absolute atomic E-state index is 0.0910. The summed E-state index contributed by atoms with van der Waals surface area (Å²) in [5, 5.41) is 19.8. The van der Waals surface area contributed by atoms with Crippen molar-refractivity contribution >= 4 is 5.97 Å². The summed E-state index contributed by atoms with van der Waals surface area (Å²) in [4.78, 5) is 11.0. The molecule has 3 nitrogen and oxygen atoms in total. The van der Waals surface area contributed by atoms with Gasteiger partial charge < -0.3 is 10.2 Å². The Bertz CT molecular complexity index is 801. The van der Waals surface area contributed by atoms with Gasteiger partial charge in [0.25, 0.3) is 0 Å². The maximum Gasteiger partial charge on any atom is 0.335 e. The molecule has 0 radical (unpaired) electrons. The number of aliphatic hydroxyl groups is 1. The lowest BCUT2D eigenvalue weighted by molar-refractivity contribution is 0.0696. The van der Waals surface area contributed by atoms with Gasteiger partial charge in [-0.3, -0.25) is 0 Å². The van der Waals surface area contributed by atoms with Crippen LogP contribution in [-0.2, 0) is 10.8 Å². The van der Waals surface area contributed by atoms with E-state index in [1.165, 1.54) is 23.3 Å². The first kappa shape index (κ1) is 17.7. The highest BCUT2D eigenvalue weighted by molar-refractivity contribution is 5.87. The smallest absolute Gasteiger partial charge is 0.335 e. The molecule has 2 N–H and O–H groups in total. The van der Waals surface area contributed by atoms with E-state index in [9.17, 15) is 9.90 Å². The molecule has 0 heterocycles. The number of fused-ring (bicyclic) bond motifs is 1. The lowest BCUT2D eigenvalue weighted by Crippen LogP contribution is -2.34. The summed E-state index contributed by atoms with van der Waals surface area (Å²) < 4.78 is 0. The van der Waals surface area contributed by atoms with Crippen molar-refractivity contribution in [1.82, 2.24) is 0 Å². The molecule has 0 spiro atoms. The molecule has 1 atom stereocenters. The number of benzene rings is 2. The van der Waals surface area contributed by atoms with Crippen LogP contribution in [-0.4, -0.2) is 16.2 Å². The van der Waals surface area contributed by atoms with E-state index in [1.807, 2.05) is 6.07 Å². The van der Waals surface area contributed by atoms with Gasteiger partial charge in [-0.05, 0) is 58.1 Å². The summed E-state index contributed by atoms with van der Waals surface area (Å²) in [5.41, 5.74) is 4.70. The average Bonchev–Trinajstić information content (AvgIpc) is 2.58. The SMILES string of the molecule is CC1(C)CCC(C)(C)c2cc(C(O)c3ccc(C(=O)O)cc3)ccc21. The number of rotatable bonds is 3. The van der Waals surface area contributed by atoms with Crippen molar-refractivity contribution in [2.45, 2.75) is 57.5 Å². The molecule has 0 saturated heterocycles. The van der Waals surface area contributed by atoms with Gasteiger partial charge in [0, 0.05) is 0 Å². The van der Waals surface area contributed by atoms with E-state index in [0.29, 0.717) is 5.56 Å². The van der Waals surface area contributed by atoms with Crippen LogP contribution in [0.2, 0.25) is 0 Å². The van der Waals surface area contributed by atoms with E-state index in [0.717, 1.165) is 18.4 Å².